The average Bonchev–Trinajstić information content (AvgIpc) is 3.70. The molecule has 2 nitrogen and oxygen atoms in total. The number of nitrogens with zero attached hydrogens (tertiary/aromatic N) is 2. The molecule has 2 aromatic heterocycles. The van der Waals surface area contributed by atoms with E-state index in [4.69, 9.17) is 0 Å². The summed E-state index contributed by atoms with van der Waals surface area (Å²) in [6, 6.07) is 70.4. The molecular formula is C48H32N2. The highest BCUT2D eigenvalue weighted by Crippen LogP contribution is 2.39. The first-order valence-electron chi connectivity index (χ1n) is 17.2. The molecular weight excluding hydrogens is 605 g/mol. The topological polar surface area (TPSA) is 9.86 Å². The van der Waals surface area contributed by atoms with Crippen LogP contribution in [0.5, 0.6) is 0 Å². The van der Waals surface area contributed by atoms with Gasteiger partial charge < -0.3 is 9.13 Å². The zero-order valence-corrected chi connectivity index (χ0v) is 27.4. The predicted octanol–water partition coefficient (Wildman–Crippen LogP) is 12.9. The van der Waals surface area contributed by atoms with Gasteiger partial charge in [-0.25, -0.2) is 0 Å². The average molecular weight is 637 g/mol. The standard InChI is InChI=1S/C48H32N2/c1-4-12-33(13-5-1)35-20-25-40(26-21-35)50-46-29-24-36(34-14-6-2-7-15-34)30-44(46)43-28-23-38(32-48(43)50)37-22-27-42-41-18-10-11-19-45(41)49(47(42)31-37)39-16-8-3-9-17-39/h1-32H. The summed E-state index contributed by atoms with van der Waals surface area (Å²) in [7, 11) is 0. The van der Waals surface area contributed by atoms with Crippen molar-refractivity contribution >= 4 is 43.6 Å². The van der Waals surface area contributed by atoms with Crippen molar-refractivity contribution in [2.45, 2.75) is 0 Å². The Kier molecular flexibility index (Phi) is 6.53. The Morgan fingerprint density at radius 2 is 0.620 bits per heavy atom. The molecule has 0 aliphatic carbocycles. The second kappa shape index (κ2) is 11.5. The van der Waals surface area contributed by atoms with E-state index in [1.165, 1.54) is 82.7 Å². The van der Waals surface area contributed by atoms with Gasteiger partial charge in [-0.2, -0.15) is 0 Å². The lowest BCUT2D eigenvalue weighted by molar-refractivity contribution is 1.18. The summed E-state index contributed by atoms with van der Waals surface area (Å²) in [5.41, 5.74) is 14.4. The van der Waals surface area contributed by atoms with E-state index in [-0.39, 0.29) is 0 Å². The minimum Gasteiger partial charge on any atom is -0.309 e. The number of benzene rings is 8. The van der Waals surface area contributed by atoms with E-state index in [1.807, 2.05) is 0 Å². The van der Waals surface area contributed by atoms with Crippen LogP contribution in [0, 0.1) is 0 Å². The summed E-state index contributed by atoms with van der Waals surface area (Å²) < 4.78 is 4.82. The molecule has 0 bridgehead atoms. The van der Waals surface area contributed by atoms with E-state index < -0.39 is 0 Å². The Morgan fingerprint density at radius 1 is 0.220 bits per heavy atom. The molecule has 2 heteroatoms. The fourth-order valence-electron chi connectivity index (χ4n) is 7.73. The van der Waals surface area contributed by atoms with E-state index in [9.17, 15) is 0 Å². The highest BCUT2D eigenvalue weighted by atomic mass is 15.0. The third-order valence-electron chi connectivity index (χ3n) is 10.1. The normalized spacial score (nSPS) is 11.6. The zero-order valence-electron chi connectivity index (χ0n) is 27.4. The first-order chi connectivity index (χ1) is 24.8. The van der Waals surface area contributed by atoms with Crippen LogP contribution in [0.3, 0.4) is 0 Å². The van der Waals surface area contributed by atoms with Gasteiger partial charge in [0.1, 0.15) is 0 Å². The number of rotatable bonds is 5. The molecule has 10 rings (SSSR count). The maximum Gasteiger partial charge on any atom is 0.0547 e. The van der Waals surface area contributed by atoms with Gasteiger partial charge in [0.2, 0.25) is 0 Å². The van der Waals surface area contributed by atoms with Crippen molar-refractivity contribution in [2.24, 2.45) is 0 Å². The van der Waals surface area contributed by atoms with Crippen LogP contribution in [0.25, 0.3) is 88.4 Å². The monoisotopic (exact) mass is 636 g/mol. The van der Waals surface area contributed by atoms with Crippen molar-refractivity contribution in [2.75, 3.05) is 0 Å². The van der Waals surface area contributed by atoms with Crippen LogP contribution in [-0.4, -0.2) is 9.13 Å². The van der Waals surface area contributed by atoms with Gasteiger partial charge in [0.15, 0.2) is 0 Å². The lowest BCUT2D eigenvalue weighted by Gasteiger charge is -2.11. The molecule has 0 spiro atoms. The van der Waals surface area contributed by atoms with Gasteiger partial charge in [-0.05, 0) is 88.0 Å². The SMILES string of the molecule is c1ccc(-c2ccc(-n3c4ccc(-c5ccccc5)cc4c4ccc(-c5ccc6c7ccccc7n(-c7ccccc7)c6c5)cc43)cc2)cc1. The fourth-order valence-corrected chi connectivity index (χ4v) is 7.73. The summed E-state index contributed by atoms with van der Waals surface area (Å²) in [4.78, 5) is 0. The molecule has 0 amide bonds. The van der Waals surface area contributed by atoms with Gasteiger partial charge in [0.05, 0.1) is 22.1 Å². The Morgan fingerprint density at radius 3 is 1.26 bits per heavy atom. The third kappa shape index (κ3) is 4.57. The van der Waals surface area contributed by atoms with Crippen LogP contribution < -0.4 is 0 Å². The van der Waals surface area contributed by atoms with Gasteiger partial charge in [-0.1, -0.05) is 140 Å². The molecule has 0 unspecified atom stereocenters. The van der Waals surface area contributed by atoms with Gasteiger partial charge in [0, 0.05) is 32.9 Å². The first-order valence-corrected chi connectivity index (χ1v) is 17.2. The smallest absolute Gasteiger partial charge is 0.0547 e. The number of para-hydroxylation sites is 2. The molecule has 0 aliphatic rings. The molecule has 0 radical (unpaired) electrons. The fraction of sp³-hybridized carbons (Fsp3) is 0. The summed E-state index contributed by atoms with van der Waals surface area (Å²) in [5, 5.41) is 5.02. The maximum atomic E-state index is 2.43. The van der Waals surface area contributed by atoms with Crippen LogP contribution >= 0.6 is 0 Å². The summed E-state index contributed by atoms with van der Waals surface area (Å²) in [5.74, 6) is 0. The molecule has 8 aromatic carbocycles. The molecule has 50 heavy (non-hydrogen) atoms. The molecule has 0 N–H and O–H groups in total. The van der Waals surface area contributed by atoms with Gasteiger partial charge >= 0.3 is 0 Å². The molecule has 2 heterocycles. The largest absolute Gasteiger partial charge is 0.309 e. The first kappa shape index (κ1) is 28.4. The van der Waals surface area contributed by atoms with Crippen molar-refractivity contribution in [3.8, 4) is 44.8 Å². The Labute approximate surface area is 290 Å². The summed E-state index contributed by atoms with van der Waals surface area (Å²) in [6.07, 6.45) is 0. The molecule has 0 atom stereocenters. The van der Waals surface area contributed by atoms with Crippen LogP contribution in [0.15, 0.2) is 194 Å². The molecule has 10 aromatic rings. The van der Waals surface area contributed by atoms with E-state index >= 15 is 0 Å². The van der Waals surface area contributed by atoms with Gasteiger partial charge in [-0.3, -0.25) is 0 Å². The number of aromatic nitrogens is 2. The van der Waals surface area contributed by atoms with Gasteiger partial charge in [-0.15, -0.1) is 0 Å². The van der Waals surface area contributed by atoms with E-state index in [0.717, 1.165) is 5.69 Å². The Balaban J connectivity index is 1.19. The van der Waals surface area contributed by atoms with Crippen LogP contribution in [0.1, 0.15) is 0 Å². The summed E-state index contributed by atoms with van der Waals surface area (Å²) >= 11 is 0. The second-order valence-electron chi connectivity index (χ2n) is 13.0. The van der Waals surface area contributed by atoms with Crippen molar-refractivity contribution < 1.29 is 0 Å². The molecule has 0 aliphatic heterocycles. The number of hydrogen-bond donors (Lipinski definition) is 0. The Hall–Kier alpha value is -6.64. The van der Waals surface area contributed by atoms with Crippen molar-refractivity contribution in [1.29, 1.82) is 0 Å². The molecule has 234 valence electrons. The minimum atomic E-state index is 1.15. The highest BCUT2D eigenvalue weighted by Gasteiger charge is 2.17. The quantitative estimate of drug-likeness (QED) is 0.178. The van der Waals surface area contributed by atoms with Crippen molar-refractivity contribution in [1.82, 2.24) is 9.13 Å². The van der Waals surface area contributed by atoms with Crippen molar-refractivity contribution in [3.63, 3.8) is 0 Å². The van der Waals surface area contributed by atoms with E-state index in [2.05, 4.69) is 203 Å². The van der Waals surface area contributed by atoms with E-state index in [1.54, 1.807) is 0 Å². The van der Waals surface area contributed by atoms with Crippen LogP contribution in [0.2, 0.25) is 0 Å². The minimum absolute atomic E-state index is 1.15. The third-order valence-corrected chi connectivity index (χ3v) is 10.1. The lowest BCUT2D eigenvalue weighted by atomic mass is 10.0. The predicted molar refractivity (Wildman–Crippen MR) is 211 cm³/mol. The van der Waals surface area contributed by atoms with Crippen molar-refractivity contribution in [3.05, 3.63) is 194 Å². The van der Waals surface area contributed by atoms with Crippen LogP contribution in [0.4, 0.5) is 0 Å². The molecule has 0 fully saturated rings. The zero-order chi connectivity index (χ0) is 33.0. The maximum absolute atomic E-state index is 2.43. The molecule has 0 saturated carbocycles. The summed E-state index contributed by atoms with van der Waals surface area (Å²) in [6.45, 7) is 0. The Bertz CT molecular complexity index is 2820. The number of fused-ring (bicyclic) bond motifs is 6. The number of hydrogen-bond acceptors (Lipinski definition) is 0. The van der Waals surface area contributed by atoms with Gasteiger partial charge in [0.25, 0.3) is 0 Å². The molecule has 0 saturated heterocycles. The van der Waals surface area contributed by atoms with E-state index in [0.29, 0.717) is 0 Å². The second-order valence-corrected chi connectivity index (χ2v) is 13.0. The lowest BCUT2D eigenvalue weighted by Crippen LogP contribution is -1.94. The van der Waals surface area contributed by atoms with Crippen LogP contribution in [-0.2, 0) is 0 Å². The highest BCUT2D eigenvalue weighted by molar-refractivity contribution is 6.13.